The van der Waals surface area contributed by atoms with E-state index in [0.29, 0.717) is 42.9 Å². The van der Waals surface area contributed by atoms with E-state index in [1.807, 2.05) is 56.3 Å². The topological polar surface area (TPSA) is 76.0 Å². The zero-order valence-corrected chi connectivity index (χ0v) is 24.7. The summed E-state index contributed by atoms with van der Waals surface area (Å²) in [5.74, 6) is -0.416. The molecule has 0 aromatic heterocycles. The molecule has 4 aromatic carbocycles. The first-order chi connectivity index (χ1) is 18.6. The van der Waals surface area contributed by atoms with Crippen LogP contribution in [0.2, 0.25) is 0 Å². The van der Waals surface area contributed by atoms with Gasteiger partial charge in [0.2, 0.25) is 0 Å². The number of rotatable bonds is 9. The van der Waals surface area contributed by atoms with Crippen molar-refractivity contribution in [3.63, 3.8) is 0 Å². The fraction of sp³-hybridized carbons (Fsp3) is 0.194. The molecule has 0 spiro atoms. The van der Waals surface area contributed by atoms with Crippen LogP contribution < -0.4 is 9.47 Å². The lowest BCUT2D eigenvalue weighted by atomic mass is 9.83. The highest BCUT2D eigenvalue weighted by Crippen LogP contribution is 2.47. The van der Waals surface area contributed by atoms with Crippen LogP contribution in [0.3, 0.4) is 0 Å². The molecule has 202 valence electrons. The van der Waals surface area contributed by atoms with Gasteiger partial charge in [-0.15, -0.1) is 0 Å². The SMILES string of the molecule is COc1cc(C(c2ccccc2)c2cc(F)ccc2O)c(Oc2c(Br)cc(CC(=O)O)cc2Br)cc1C(C)C. The molecule has 0 bridgehead atoms. The molecule has 0 heterocycles. The Morgan fingerprint density at radius 3 is 2.13 bits per heavy atom. The molecule has 2 N–H and O–H groups in total. The number of ether oxygens (including phenoxy) is 2. The van der Waals surface area contributed by atoms with Crippen molar-refractivity contribution in [1.82, 2.24) is 0 Å². The standard InChI is InChI=1S/C31H27Br2FO5/c1-17(2)21-15-28(39-31-24(32)11-18(12-25(31)33)13-29(36)37)23(16-27(21)38-3)30(19-7-5-4-6-8-19)22-14-20(34)9-10-26(22)35/h4-12,14-17,30,35H,13H2,1-3H3,(H,36,37). The molecule has 39 heavy (non-hydrogen) atoms. The van der Waals surface area contributed by atoms with Crippen molar-refractivity contribution < 1.29 is 28.9 Å². The van der Waals surface area contributed by atoms with Crippen LogP contribution in [0.5, 0.6) is 23.0 Å². The fourth-order valence-corrected chi connectivity index (χ4v) is 6.00. The fourth-order valence-electron chi connectivity index (χ4n) is 4.56. The maximum Gasteiger partial charge on any atom is 0.307 e. The quantitative estimate of drug-likeness (QED) is 0.176. The van der Waals surface area contributed by atoms with Gasteiger partial charge < -0.3 is 19.7 Å². The minimum absolute atomic E-state index is 0.0523. The average Bonchev–Trinajstić information content (AvgIpc) is 2.88. The summed E-state index contributed by atoms with van der Waals surface area (Å²) in [5, 5.41) is 20.1. The number of aliphatic carboxylic acids is 1. The van der Waals surface area contributed by atoms with Crippen molar-refractivity contribution in [3.05, 3.63) is 115 Å². The number of aromatic hydroxyl groups is 1. The summed E-state index contributed by atoms with van der Waals surface area (Å²) in [4.78, 5) is 11.2. The van der Waals surface area contributed by atoms with Crippen LogP contribution in [-0.4, -0.2) is 23.3 Å². The average molecular weight is 658 g/mol. The number of halogens is 3. The maximum absolute atomic E-state index is 14.5. The Bertz CT molecular complexity index is 1480. The van der Waals surface area contributed by atoms with E-state index in [0.717, 1.165) is 11.1 Å². The Hall–Kier alpha value is -3.36. The molecule has 1 atom stereocenters. The van der Waals surface area contributed by atoms with Gasteiger partial charge in [0, 0.05) is 22.6 Å². The first kappa shape index (κ1) is 28.6. The minimum atomic E-state index is -0.943. The molecule has 0 aliphatic heterocycles. The Labute approximate surface area is 243 Å². The second-order valence-electron chi connectivity index (χ2n) is 9.39. The van der Waals surface area contributed by atoms with E-state index in [1.54, 1.807) is 19.2 Å². The predicted molar refractivity (Wildman–Crippen MR) is 156 cm³/mol. The van der Waals surface area contributed by atoms with Gasteiger partial charge in [-0.05, 0) is 91.4 Å². The van der Waals surface area contributed by atoms with Gasteiger partial charge >= 0.3 is 5.97 Å². The molecule has 0 fully saturated rings. The monoisotopic (exact) mass is 656 g/mol. The summed E-state index contributed by atoms with van der Waals surface area (Å²) in [6.45, 7) is 4.09. The van der Waals surface area contributed by atoms with Crippen LogP contribution in [0, 0.1) is 5.82 Å². The molecule has 4 aromatic rings. The van der Waals surface area contributed by atoms with E-state index in [4.69, 9.17) is 9.47 Å². The molecular formula is C31H27Br2FO5. The van der Waals surface area contributed by atoms with Gasteiger partial charge in [-0.3, -0.25) is 4.79 Å². The third-order valence-corrected chi connectivity index (χ3v) is 7.53. The number of carboxylic acid groups (broad SMARTS) is 1. The van der Waals surface area contributed by atoms with Crippen molar-refractivity contribution in [2.45, 2.75) is 32.1 Å². The van der Waals surface area contributed by atoms with E-state index >= 15 is 0 Å². The number of phenolic OH excluding ortho intramolecular Hbond substituents is 1. The first-order valence-corrected chi connectivity index (χ1v) is 13.8. The molecule has 0 saturated heterocycles. The Morgan fingerprint density at radius 1 is 0.897 bits per heavy atom. The lowest BCUT2D eigenvalue weighted by Gasteiger charge is -2.25. The maximum atomic E-state index is 14.5. The number of phenols is 1. The summed E-state index contributed by atoms with van der Waals surface area (Å²) < 4.78 is 27.9. The number of carbonyl (C=O) groups is 1. The summed E-state index contributed by atoms with van der Waals surface area (Å²) in [6, 6.07) is 20.5. The van der Waals surface area contributed by atoms with Crippen LogP contribution in [0.4, 0.5) is 4.39 Å². The molecule has 0 radical (unpaired) electrons. The lowest BCUT2D eigenvalue weighted by molar-refractivity contribution is -0.136. The van der Waals surface area contributed by atoms with Gasteiger partial charge in [-0.25, -0.2) is 4.39 Å². The molecule has 0 amide bonds. The van der Waals surface area contributed by atoms with E-state index in [1.165, 1.54) is 18.2 Å². The summed E-state index contributed by atoms with van der Waals surface area (Å²) in [5.41, 5.74) is 3.34. The van der Waals surface area contributed by atoms with Crippen molar-refractivity contribution in [2.24, 2.45) is 0 Å². The van der Waals surface area contributed by atoms with Gasteiger partial charge in [0.05, 0.1) is 22.5 Å². The molecule has 0 aliphatic carbocycles. The summed E-state index contributed by atoms with van der Waals surface area (Å²) in [6.07, 6.45) is -0.141. The lowest BCUT2D eigenvalue weighted by Crippen LogP contribution is -2.08. The van der Waals surface area contributed by atoms with Gasteiger partial charge in [0.15, 0.2) is 5.75 Å². The number of methoxy groups -OCH3 is 1. The number of carboxylic acids is 1. The molecular weight excluding hydrogens is 631 g/mol. The number of benzene rings is 4. The molecule has 8 heteroatoms. The number of hydrogen-bond acceptors (Lipinski definition) is 4. The second kappa shape index (κ2) is 12.2. The third kappa shape index (κ3) is 6.45. The second-order valence-corrected chi connectivity index (χ2v) is 11.1. The van der Waals surface area contributed by atoms with E-state index in [9.17, 15) is 19.4 Å². The Morgan fingerprint density at radius 2 is 1.54 bits per heavy atom. The first-order valence-electron chi connectivity index (χ1n) is 12.2. The highest BCUT2D eigenvalue weighted by atomic mass is 79.9. The van der Waals surface area contributed by atoms with Crippen molar-refractivity contribution >= 4 is 37.8 Å². The van der Waals surface area contributed by atoms with Crippen LogP contribution >= 0.6 is 31.9 Å². The largest absolute Gasteiger partial charge is 0.508 e. The van der Waals surface area contributed by atoms with Crippen LogP contribution in [-0.2, 0) is 11.2 Å². The van der Waals surface area contributed by atoms with Gasteiger partial charge in [-0.2, -0.15) is 0 Å². The van der Waals surface area contributed by atoms with E-state index in [-0.39, 0.29) is 18.1 Å². The van der Waals surface area contributed by atoms with Gasteiger partial charge in [0.25, 0.3) is 0 Å². The third-order valence-electron chi connectivity index (χ3n) is 6.35. The van der Waals surface area contributed by atoms with Gasteiger partial charge in [-0.1, -0.05) is 44.2 Å². The van der Waals surface area contributed by atoms with Crippen LogP contribution in [0.1, 0.15) is 53.5 Å². The smallest absolute Gasteiger partial charge is 0.307 e. The molecule has 0 saturated carbocycles. The Balaban J connectivity index is 1.98. The molecule has 0 aliphatic rings. The highest BCUT2D eigenvalue weighted by molar-refractivity contribution is 9.11. The predicted octanol–water partition coefficient (Wildman–Crippen LogP) is 8.79. The zero-order valence-electron chi connectivity index (χ0n) is 21.5. The van der Waals surface area contributed by atoms with Crippen molar-refractivity contribution in [3.8, 4) is 23.0 Å². The number of hydrogen-bond donors (Lipinski definition) is 2. The molecule has 4 rings (SSSR count). The van der Waals surface area contributed by atoms with E-state index in [2.05, 4.69) is 31.9 Å². The normalized spacial score (nSPS) is 11.9. The zero-order chi connectivity index (χ0) is 28.3. The summed E-state index contributed by atoms with van der Waals surface area (Å²) in [7, 11) is 1.59. The van der Waals surface area contributed by atoms with E-state index < -0.39 is 17.7 Å². The highest BCUT2D eigenvalue weighted by Gasteiger charge is 2.27. The van der Waals surface area contributed by atoms with Crippen molar-refractivity contribution in [1.29, 1.82) is 0 Å². The summed E-state index contributed by atoms with van der Waals surface area (Å²) >= 11 is 7.06. The molecule has 5 nitrogen and oxygen atoms in total. The van der Waals surface area contributed by atoms with Crippen LogP contribution in [0.25, 0.3) is 0 Å². The minimum Gasteiger partial charge on any atom is -0.508 e. The Kier molecular flexibility index (Phi) is 8.97. The van der Waals surface area contributed by atoms with Gasteiger partial charge in [0.1, 0.15) is 23.1 Å². The molecule has 1 unspecified atom stereocenters. The van der Waals surface area contributed by atoms with Crippen LogP contribution in [0.15, 0.2) is 81.7 Å². The van der Waals surface area contributed by atoms with Crippen molar-refractivity contribution in [2.75, 3.05) is 7.11 Å².